The summed E-state index contributed by atoms with van der Waals surface area (Å²) in [6, 6.07) is 7.81. The summed E-state index contributed by atoms with van der Waals surface area (Å²) in [5, 5.41) is 0. The molecule has 5 heteroatoms. The highest BCUT2D eigenvalue weighted by atomic mass is 16.5. The lowest BCUT2D eigenvalue weighted by Gasteiger charge is -2.18. The van der Waals surface area contributed by atoms with Crippen LogP contribution in [0.1, 0.15) is 12.0 Å². The summed E-state index contributed by atoms with van der Waals surface area (Å²) in [4.78, 5) is 15.1. The van der Waals surface area contributed by atoms with Gasteiger partial charge in [0.1, 0.15) is 5.75 Å². The summed E-state index contributed by atoms with van der Waals surface area (Å²) in [5.41, 5.74) is 6.65. The van der Waals surface area contributed by atoms with Crippen molar-refractivity contribution in [3.63, 3.8) is 0 Å². The molecule has 0 fully saturated rings. The molecule has 0 aliphatic rings. The fourth-order valence-electron chi connectivity index (χ4n) is 1.74. The van der Waals surface area contributed by atoms with Gasteiger partial charge >= 0.3 is 0 Å². The Kier molecular flexibility index (Phi) is 7.04. The zero-order valence-corrected chi connectivity index (χ0v) is 12.6. The smallest absolute Gasteiger partial charge is 0.236 e. The van der Waals surface area contributed by atoms with Crippen molar-refractivity contribution in [3.05, 3.63) is 29.8 Å². The number of nitrogens with zero attached hydrogens (tertiary/aromatic N) is 2. The molecule has 0 aliphatic heterocycles. The third-order valence-corrected chi connectivity index (χ3v) is 2.99. The topological polar surface area (TPSA) is 58.8 Å². The summed E-state index contributed by atoms with van der Waals surface area (Å²) in [6.07, 6.45) is 0.879. The molecule has 0 atom stereocenters. The fourth-order valence-corrected chi connectivity index (χ4v) is 1.74. The number of likely N-dealkylation sites (N-methyl/N-ethyl adjacent to an activating group) is 2. The molecular weight excluding hydrogens is 254 g/mol. The highest BCUT2D eigenvalue weighted by Crippen LogP contribution is 2.12. The van der Waals surface area contributed by atoms with Gasteiger partial charge in [-0.3, -0.25) is 9.69 Å². The largest absolute Gasteiger partial charge is 0.494 e. The zero-order valence-electron chi connectivity index (χ0n) is 12.6. The van der Waals surface area contributed by atoms with Crippen molar-refractivity contribution >= 4 is 5.91 Å². The van der Waals surface area contributed by atoms with E-state index in [1.165, 1.54) is 0 Å². The summed E-state index contributed by atoms with van der Waals surface area (Å²) in [5.74, 6) is 0.962. The molecule has 0 aliphatic carbocycles. The van der Waals surface area contributed by atoms with Crippen LogP contribution in [0.2, 0.25) is 0 Å². The van der Waals surface area contributed by atoms with E-state index in [0.717, 1.165) is 24.3 Å². The number of nitrogens with two attached hydrogens (primary N) is 1. The highest BCUT2D eigenvalue weighted by molar-refractivity contribution is 5.77. The minimum atomic E-state index is 0.115. The molecule has 112 valence electrons. The number of amides is 1. The summed E-state index contributed by atoms with van der Waals surface area (Å²) < 4.78 is 5.67. The molecule has 0 saturated heterocycles. The molecule has 0 radical (unpaired) electrons. The van der Waals surface area contributed by atoms with Crippen LogP contribution in [0.4, 0.5) is 0 Å². The first kappa shape index (κ1) is 16.5. The van der Waals surface area contributed by atoms with Gasteiger partial charge in [0, 0.05) is 27.2 Å². The lowest BCUT2D eigenvalue weighted by molar-refractivity contribution is -0.129. The molecule has 1 aromatic rings. The van der Waals surface area contributed by atoms with Crippen LogP contribution < -0.4 is 10.5 Å². The predicted octanol–water partition coefficient (Wildman–Crippen LogP) is 0.934. The zero-order chi connectivity index (χ0) is 15.0. The average Bonchev–Trinajstić information content (AvgIpc) is 2.43. The van der Waals surface area contributed by atoms with Gasteiger partial charge in [0.15, 0.2) is 0 Å². The molecule has 1 rings (SSSR count). The quantitative estimate of drug-likeness (QED) is 0.719. The second kappa shape index (κ2) is 8.55. The lowest BCUT2D eigenvalue weighted by Crippen LogP contribution is -2.35. The molecule has 0 aromatic heterocycles. The summed E-state index contributed by atoms with van der Waals surface area (Å²) in [6.45, 7) is 2.42. The Morgan fingerprint density at radius 1 is 1.30 bits per heavy atom. The normalized spacial score (nSPS) is 10.7. The van der Waals surface area contributed by atoms with E-state index >= 15 is 0 Å². The van der Waals surface area contributed by atoms with Crippen molar-refractivity contribution in [2.75, 3.05) is 40.8 Å². The number of hydrogen-bond donors (Lipinski definition) is 1. The van der Waals surface area contributed by atoms with Crippen molar-refractivity contribution in [2.45, 2.75) is 13.0 Å². The second-order valence-corrected chi connectivity index (χ2v) is 5.08. The van der Waals surface area contributed by atoms with Crippen LogP contribution in [-0.2, 0) is 11.3 Å². The number of benzene rings is 1. The van der Waals surface area contributed by atoms with Gasteiger partial charge in [-0.25, -0.2) is 0 Å². The molecular formula is C15H25N3O2. The van der Waals surface area contributed by atoms with Crippen molar-refractivity contribution < 1.29 is 9.53 Å². The van der Waals surface area contributed by atoms with Crippen molar-refractivity contribution in [2.24, 2.45) is 5.73 Å². The summed E-state index contributed by atoms with van der Waals surface area (Å²) >= 11 is 0. The second-order valence-electron chi connectivity index (χ2n) is 5.08. The summed E-state index contributed by atoms with van der Waals surface area (Å²) in [7, 11) is 5.48. The van der Waals surface area contributed by atoms with Crippen molar-refractivity contribution in [1.29, 1.82) is 0 Å². The van der Waals surface area contributed by atoms with Gasteiger partial charge < -0.3 is 15.4 Å². The maximum absolute atomic E-state index is 11.5. The van der Waals surface area contributed by atoms with E-state index in [2.05, 4.69) is 0 Å². The SMILES string of the molecule is CN(CCCOc1cccc(CN)c1)CC(=O)N(C)C. The maximum Gasteiger partial charge on any atom is 0.236 e. The molecule has 0 saturated carbocycles. The third-order valence-electron chi connectivity index (χ3n) is 2.99. The Morgan fingerprint density at radius 3 is 2.70 bits per heavy atom. The van der Waals surface area contributed by atoms with E-state index in [-0.39, 0.29) is 5.91 Å². The Bertz CT molecular complexity index is 421. The van der Waals surface area contributed by atoms with Crippen LogP contribution >= 0.6 is 0 Å². The van der Waals surface area contributed by atoms with E-state index < -0.39 is 0 Å². The molecule has 0 heterocycles. The molecule has 20 heavy (non-hydrogen) atoms. The van der Waals surface area contributed by atoms with E-state index in [9.17, 15) is 4.79 Å². The van der Waals surface area contributed by atoms with Crippen LogP contribution in [0.5, 0.6) is 5.75 Å². The van der Waals surface area contributed by atoms with Gasteiger partial charge in [-0.2, -0.15) is 0 Å². The van der Waals surface area contributed by atoms with Crippen molar-refractivity contribution in [3.8, 4) is 5.75 Å². The Labute approximate surface area is 121 Å². The van der Waals surface area contributed by atoms with Crippen LogP contribution in [0.25, 0.3) is 0 Å². The molecule has 0 unspecified atom stereocenters. The standard InChI is InChI=1S/C15H25N3O2/c1-17(2)15(19)12-18(3)8-5-9-20-14-7-4-6-13(10-14)11-16/h4,6-7,10H,5,8-9,11-12,16H2,1-3H3. The first-order chi connectivity index (χ1) is 9.52. The van der Waals surface area contributed by atoms with Gasteiger partial charge in [-0.1, -0.05) is 12.1 Å². The van der Waals surface area contributed by atoms with E-state index in [0.29, 0.717) is 19.7 Å². The first-order valence-corrected chi connectivity index (χ1v) is 6.83. The fraction of sp³-hybridized carbons (Fsp3) is 0.533. The Balaban J connectivity index is 2.22. The predicted molar refractivity (Wildman–Crippen MR) is 80.6 cm³/mol. The lowest BCUT2D eigenvalue weighted by atomic mass is 10.2. The van der Waals surface area contributed by atoms with Gasteiger partial charge in [0.2, 0.25) is 5.91 Å². The third kappa shape index (κ3) is 6.04. The molecule has 0 spiro atoms. The van der Waals surface area contributed by atoms with Crippen LogP contribution in [0, 0.1) is 0 Å². The van der Waals surface area contributed by atoms with E-state index in [1.807, 2.05) is 36.2 Å². The number of carbonyl (C=O) groups is 1. The Hall–Kier alpha value is -1.59. The molecule has 1 aromatic carbocycles. The number of ether oxygens (including phenoxy) is 1. The van der Waals surface area contributed by atoms with Crippen molar-refractivity contribution in [1.82, 2.24) is 9.80 Å². The van der Waals surface area contributed by atoms with Crippen LogP contribution in [0.15, 0.2) is 24.3 Å². The maximum atomic E-state index is 11.5. The number of hydrogen-bond acceptors (Lipinski definition) is 4. The van der Waals surface area contributed by atoms with Gasteiger partial charge in [0.05, 0.1) is 13.2 Å². The molecule has 1 amide bonds. The van der Waals surface area contributed by atoms with E-state index in [4.69, 9.17) is 10.5 Å². The number of rotatable bonds is 8. The van der Waals surface area contributed by atoms with Gasteiger partial charge in [-0.05, 0) is 31.2 Å². The van der Waals surface area contributed by atoms with Gasteiger partial charge in [-0.15, -0.1) is 0 Å². The minimum Gasteiger partial charge on any atom is -0.494 e. The average molecular weight is 279 g/mol. The molecule has 2 N–H and O–H groups in total. The van der Waals surface area contributed by atoms with Gasteiger partial charge in [0.25, 0.3) is 0 Å². The molecule has 0 bridgehead atoms. The minimum absolute atomic E-state index is 0.115. The van der Waals surface area contributed by atoms with Crippen LogP contribution in [-0.4, -0.2) is 56.5 Å². The van der Waals surface area contributed by atoms with E-state index in [1.54, 1.807) is 19.0 Å². The monoisotopic (exact) mass is 279 g/mol. The first-order valence-electron chi connectivity index (χ1n) is 6.83. The highest BCUT2D eigenvalue weighted by Gasteiger charge is 2.07. The Morgan fingerprint density at radius 2 is 2.05 bits per heavy atom. The number of carbonyl (C=O) groups excluding carboxylic acids is 1. The van der Waals surface area contributed by atoms with Crippen LogP contribution in [0.3, 0.4) is 0 Å². The molecule has 5 nitrogen and oxygen atoms in total.